The fraction of sp³-hybridized carbons (Fsp3) is 0.143. The maximum Gasteiger partial charge on any atom is 0.573 e. The number of rotatable bonds is 4. The van der Waals surface area contributed by atoms with Gasteiger partial charge in [-0.05, 0) is 24.3 Å². The molecule has 0 amide bonds. The van der Waals surface area contributed by atoms with Crippen LogP contribution in [-0.2, 0) is 0 Å². The normalized spacial score (nSPS) is 10.7. The molecule has 0 radical (unpaired) electrons. The first kappa shape index (κ1) is 15.4. The first-order valence-corrected chi connectivity index (χ1v) is 5.89. The maximum atomic E-state index is 12.1. The third kappa shape index (κ3) is 4.02. The Balaban J connectivity index is 2.16. The summed E-state index contributed by atoms with van der Waals surface area (Å²) in [6.45, 7) is 0. The van der Waals surface area contributed by atoms with Crippen molar-refractivity contribution in [1.29, 1.82) is 5.26 Å². The first-order chi connectivity index (χ1) is 10.4. The molecule has 8 heteroatoms. The van der Waals surface area contributed by atoms with E-state index in [0.717, 1.165) is 12.1 Å². The molecule has 114 valence electrons. The quantitative estimate of drug-likeness (QED) is 0.862. The van der Waals surface area contributed by atoms with Gasteiger partial charge in [-0.3, -0.25) is 0 Å². The Labute approximate surface area is 123 Å². The van der Waals surface area contributed by atoms with E-state index in [4.69, 9.17) is 14.7 Å². The van der Waals surface area contributed by atoms with Crippen LogP contribution in [0.4, 0.5) is 13.2 Å². The van der Waals surface area contributed by atoms with E-state index in [-0.39, 0.29) is 28.7 Å². The van der Waals surface area contributed by atoms with Gasteiger partial charge in [0.25, 0.3) is 0 Å². The number of pyridine rings is 1. The van der Waals surface area contributed by atoms with Gasteiger partial charge in [-0.25, -0.2) is 4.98 Å². The van der Waals surface area contributed by atoms with Crippen LogP contribution in [0.2, 0.25) is 0 Å². The molecule has 2 aromatic rings. The molecule has 0 atom stereocenters. The van der Waals surface area contributed by atoms with Crippen LogP contribution in [-0.4, -0.2) is 18.5 Å². The Morgan fingerprint density at radius 3 is 2.27 bits per heavy atom. The van der Waals surface area contributed by atoms with Gasteiger partial charge in [0.1, 0.15) is 23.3 Å². The minimum absolute atomic E-state index is 0.151. The van der Waals surface area contributed by atoms with Crippen LogP contribution in [0, 0.1) is 11.3 Å². The lowest BCUT2D eigenvalue weighted by Crippen LogP contribution is -2.16. The largest absolute Gasteiger partial charge is 0.573 e. The fourth-order valence-corrected chi connectivity index (χ4v) is 1.56. The van der Waals surface area contributed by atoms with Gasteiger partial charge in [-0.15, -0.1) is 13.2 Å². The minimum Gasteiger partial charge on any atom is -0.493 e. The SMILES string of the molecule is COc1cc(C#N)ncc1Oc1ccc(OC(F)(F)F)cc1. The van der Waals surface area contributed by atoms with E-state index in [1.807, 2.05) is 6.07 Å². The summed E-state index contributed by atoms with van der Waals surface area (Å²) in [5, 5.41) is 8.75. The standard InChI is InChI=1S/C14H9F3N2O3/c1-20-12-6-9(7-18)19-8-13(12)21-10-2-4-11(5-3-10)22-14(15,16)17/h2-6,8H,1H3. The molecule has 2 rings (SSSR count). The zero-order chi connectivity index (χ0) is 16.2. The van der Waals surface area contributed by atoms with E-state index in [2.05, 4.69) is 9.72 Å². The van der Waals surface area contributed by atoms with Gasteiger partial charge in [-0.2, -0.15) is 5.26 Å². The Morgan fingerprint density at radius 2 is 1.73 bits per heavy atom. The van der Waals surface area contributed by atoms with Gasteiger partial charge in [-0.1, -0.05) is 0 Å². The molecule has 0 aliphatic heterocycles. The summed E-state index contributed by atoms with van der Waals surface area (Å²) in [7, 11) is 1.39. The van der Waals surface area contributed by atoms with Crippen molar-refractivity contribution in [1.82, 2.24) is 4.98 Å². The number of hydrogen-bond acceptors (Lipinski definition) is 5. The van der Waals surface area contributed by atoms with Crippen molar-refractivity contribution >= 4 is 0 Å². The number of alkyl halides is 3. The Morgan fingerprint density at radius 1 is 1.09 bits per heavy atom. The van der Waals surface area contributed by atoms with Crippen molar-refractivity contribution in [3.63, 3.8) is 0 Å². The third-order valence-corrected chi connectivity index (χ3v) is 2.45. The molecule has 0 saturated carbocycles. The van der Waals surface area contributed by atoms with Crippen molar-refractivity contribution in [2.75, 3.05) is 7.11 Å². The second kappa shape index (κ2) is 6.22. The van der Waals surface area contributed by atoms with Crippen LogP contribution in [0.25, 0.3) is 0 Å². The summed E-state index contributed by atoms with van der Waals surface area (Å²) in [4.78, 5) is 3.83. The van der Waals surface area contributed by atoms with Crippen molar-refractivity contribution in [3.05, 3.63) is 42.2 Å². The second-order valence-electron chi connectivity index (χ2n) is 3.95. The second-order valence-corrected chi connectivity index (χ2v) is 3.95. The molecule has 22 heavy (non-hydrogen) atoms. The first-order valence-electron chi connectivity index (χ1n) is 5.89. The molecule has 0 aliphatic rings. The van der Waals surface area contributed by atoms with E-state index in [9.17, 15) is 13.2 Å². The molecule has 1 heterocycles. The summed E-state index contributed by atoms with van der Waals surface area (Å²) in [6.07, 6.45) is -3.46. The molecular weight excluding hydrogens is 301 g/mol. The van der Waals surface area contributed by atoms with Crippen LogP contribution in [0.5, 0.6) is 23.0 Å². The van der Waals surface area contributed by atoms with Gasteiger partial charge in [0.15, 0.2) is 11.5 Å². The number of hydrogen-bond donors (Lipinski definition) is 0. The topological polar surface area (TPSA) is 64.4 Å². The predicted molar refractivity (Wildman–Crippen MR) is 68.7 cm³/mol. The Kier molecular flexibility index (Phi) is 4.36. The lowest BCUT2D eigenvalue weighted by molar-refractivity contribution is -0.274. The highest BCUT2D eigenvalue weighted by Crippen LogP contribution is 2.32. The molecule has 0 fully saturated rings. The van der Waals surface area contributed by atoms with Crippen LogP contribution in [0.15, 0.2) is 36.5 Å². The van der Waals surface area contributed by atoms with Crippen LogP contribution < -0.4 is 14.2 Å². The predicted octanol–water partition coefficient (Wildman–Crippen LogP) is 3.65. The van der Waals surface area contributed by atoms with E-state index in [0.29, 0.717) is 0 Å². The Hall–Kier alpha value is -2.95. The molecule has 0 saturated heterocycles. The highest BCUT2D eigenvalue weighted by molar-refractivity contribution is 5.45. The average Bonchev–Trinajstić information content (AvgIpc) is 2.48. The zero-order valence-corrected chi connectivity index (χ0v) is 11.2. The monoisotopic (exact) mass is 310 g/mol. The number of benzene rings is 1. The number of aromatic nitrogens is 1. The molecule has 1 aromatic heterocycles. The molecular formula is C14H9F3N2O3. The van der Waals surface area contributed by atoms with Gasteiger partial charge in [0.2, 0.25) is 0 Å². The molecule has 0 aliphatic carbocycles. The molecule has 0 unspecified atom stereocenters. The fourth-order valence-electron chi connectivity index (χ4n) is 1.56. The summed E-state index contributed by atoms with van der Waals surface area (Å²) in [5.41, 5.74) is 0.151. The highest BCUT2D eigenvalue weighted by Gasteiger charge is 2.31. The smallest absolute Gasteiger partial charge is 0.493 e. The summed E-state index contributed by atoms with van der Waals surface area (Å²) in [5.74, 6) is 0.414. The molecule has 0 spiro atoms. The van der Waals surface area contributed by atoms with Crippen molar-refractivity contribution in [2.24, 2.45) is 0 Å². The summed E-state index contributed by atoms with van der Waals surface area (Å²) in [6, 6.07) is 8.08. The number of nitriles is 1. The van der Waals surface area contributed by atoms with Gasteiger partial charge in [0.05, 0.1) is 13.3 Å². The van der Waals surface area contributed by atoms with Crippen molar-refractivity contribution in [2.45, 2.75) is 6.36 Å². The summed E-state index contributed by atoms with van der Waals surface area (Å²) < 4.78 is 50.4. The number of halogens is 3. The number of methoxy groups -OCH3 is 1. The Bertz CT molecular complexity index is 694. The van der Waals surface area contributed by atoms with Gasteiger partial charge >= 0.3 is 6.36 Å². The zero-order valence-electron chi connectivity index (χ0n) is 11.2. The molecule has 0 bridgehead atoms. The van der Waals surface area contributed by atoms with E-state index in [1.54, 1.807) is 0 Å². The lowest BCUT2D eigenvalue weighted by atomic mass is 10.3. The molecule has 5 nitrogen and oxygen atoms in total. The highest BCUT2D eigenvalue weighted by atomic mass is 19.4. The third-order valence-electron chi connectivity index (χ3n) is 2.45. The van der Waals surface area contributed by atoms with E-state index >= 15 is 0 Å². The van der Waals surface area contributed by atoms with E-state index in [1.165, 1.54) is 31.5 Å². The number of ether oxygens (including phenoxy) is 3. The van der Waals surface area contributed by atoms with Gasteiger partial charge in [0, 0.05) is 6.07 Å². The van der Waals surface area contributed by atoms with Crippen LogP contribution in [0.3, 0.4) is 0 Å². The summed E-state index contributed by atoms with van der Waals surface area (Å²) >= 11 is 0. The van der Waals surface area contributed by atoms with Crippen LogP contribution >= 0.6 is 0 Å². The van der Waals surface area contributed by atoms with Crippen LogP contribution in [0.1, 0.15) is 5.69 Å². The molecule has 1 aromatic carbocycles. The average molecular weight is 310 g/mol. The van der Waals surface area contributed by atoms with E-state index < -0.39 is 6.36 Å². The molecule has 0 N–H and O–H groups in total. The lowest BCUT2D eigenvalue weighted by Gasteiger charge is -2.11. The number of nitrogens with zero attached hydrogens (tertiary/aromatic N) is 2. The minimum atomic E-state index is -4.75. The van der Waals surface area contributed by atoms with Crippen molar-refractivity contribution < 1.29 is 27.4 Å². The van der Waals surface area contributed by atoms with Gasteiger partial charge < -0.3 is 14.2 Å². The maximum absolute atomic E-state index is 12.1. The van der Waals surface area contributed by atoms with Crippen molar-refractivity contribution in [3.8, 4) is 29.1 Å².